The van der Waals surface area contributed by atoms with Crippen molar-refractivity contribution in [3.63, 3.8) is 0 Å². The van der Waals surface area contributed by atoms with Crippen molar-refractivity contribution in [3.05, 3.63) is 30.3 Å². The highest BCUT2D eigenvalue weighted by molar-refractivity contribution is 5.90. The maximum absolute atomic E-state index is 11.5. The van der Waals surface area contributed by atoms with Crippen molar-refractivity contribution < 1.29 is 4.79 Å². The second kappa shape index (κ2) is 6.19. The van der Waals surface area contributed by atoms with Crippen LogP contribution in [-0.4, -0.2) is 19.0 Å². The van der Waals surface area contributed by atoms with Crippen LogP contribution in [0.25, 0.3) is 0 Å². The van der Waals surface area contributed by atoms with E-state index in [0.29, 0.717) is 12.5 Å². The quantitative estimate of drug-likeness (QED) is 0.773. The van der Waals surface area contributed by atoms with Gasteiger partial charge in [0, 0.05) is 18.2 Å². The molecule has 3 heteroatoms. The Hall–Kier alpha value is -1.35. The van der Waals surface area contributed by atoms with Gasteiger partial charge >= 0.3 is 0 Å². The van der Waals surface area contributed by atoms with Crippen LogP contribution in [0, 0.1) is 0 Å². The van der Waals surface area contributed by atoms with Crippen LogP contribution in [0.1, 0.15) is 19.8 Å². The molecule has 0 radical (unpaired) electrons. The third-order valence-electron chi connectivity index (χ3n) is 2.35. The summed E-state index contributed by atoms with van der Waals surface area (Å²) in [5.74, 6) is 0.0725. The number of hydrogen-bond donors (Lipinski definition) is 2. The molecule has 1 amide bonds. The molecule has 0 aliphatic carbocycles. The van der Waals surface area contributed by atoms with E-state index >= 15 is 0 Å². The van der Waals surface area contributed by atoms with Crippen LogP contribution >= 0.6 is 0 Å². The molecule has 2 N–H and O–H groups in total. The van der Waals surface area contributed by atoms with E-state index in [1.165, 1.54) is 0 Å². The van der Waals surface area contributed by atoms with Crippen molar-refractivity contribution in [1.29, 1.82) is 0 Å². The molecule has 1 aromatic carbocycles. The lowest BCUT2D eigenvalue weighted by molar-refractivity contribution is -0.116. The molecule has 1 aromatic rings. The first-order chi connectivity index (χ1) is 7.22. The Bertz CT molecular complexity index is 298. The van der Waals surface area contributed by atoms with Crippen molar-refractivity contribution in [3.8, 4) is 0 Å². The monoisotopic (exact) mass is 206 g/mol. The van der Waals surface area contributed by atoms with Gasteiger partial charge in [0.15, 0.2) is 0 Å². The van der Waals surface area contributed by atoms with Crippen LogP contribution in [0.15, 0.2) is 30.3 Å². The van der Waals surface area contributed by atoms with Gasteiger partial charge in [0.2, 0.25) is 5.91 Å². The number of amides is 1. The lowest BCUT2D eigenvalue weighted by atomic mass is 10.2. The predicted octanol–water partition coefficient (Wildman–Crippen LogP) is 2.01. The molecule has 1 unspecified atom stereocenters. The zero-order valence-corrected chi connectivity index (χ0v) is 9.29. The number of hydrogen-bond acceptors (Lipinski definition) is 2. The minimum atomic E-state index is 0.0725. The molecule has 0 fully saturated rings. The first-order valence-corrected chi connectivity index (χ1v) is 5.24. The molecule has 0 aromatic heterocycles. The Kier molecular flexibility index (Phi) is 4.84. The van der Waals surface area contributed by atoms with Gasteiger partial charge in [-0.3, -0.25) is 4.79 Å². The van der Waals surface area contributed by atoms with E-state index in [1.807, 2.05) is 37.4 Å². The SMILES string of the molecule is CNC(C)CCC(=O)Nc1ccccc1. The zero-order chi connectivity index (χ0) is 11.1. The van der Waals surface area contributed by atoms with Crippen molar-refractivity contribution in [2.75, 3.05) is 12.4 Å². The first-order valence-electron chi connectivity index (χ1n) is 5.24. The Labute approximate surface area is 90.9 Å². The van der Waals surface area contributed by atoms with Gasteiger partial charge in [0.25, 0.3) is 0 Å². The van der Waals surface area contributed by atoms with E-state index in [0.717, 1.165) is 12.1 Å². The highest BCUT2D eigenvalue weighted by Gasteiger charge is 2.04. The molecule has 0 aliphatic rings. The van der Waals surface area contributed by atoms with E-state index in [-0.39, 0.29) is 5.91 Å². The third-order valence-corrected chi connectivity index (χ3v) is 2.35. The van der Waals surface area contributed by atoms with Crippen LogP contribution in [0.5, 0.6) is 0 Å². The number of carbonyl (C=O) groups excluding carboxylic acids is 1. The number of benzene rings is 1. The molecule has 1 rings (SSSR count). The van der Waals surface area contributed by atoms with E-state index in [1.54, 1.807) is 0 Å². The number of para-hydroxylation sites is 1. The van der Waals surface area contributed by atoms with E-state index in [9.17, 15) is 4.79 Å². The van der Waals surface area contributed by atoms with Gasteiger partial charge in [-0.2, -0.15) is 0 Å². The summed E-state index contributed by atoms with van der Waals surface area (Å²) in [7, 11) is 1.90. The van der Waals surface area contributed by atoms with Crippen LogP contribution in [0.3, 0.4) is 0 Å². The predicted molar refractivity (Wildman–Crippen MR) is 62.8 cm³/mol. The topological polar surface area (TPSA) is 41.1 Å². The average Bonchev–Trinajstić information content (AvgIpc) is 2.27. The van der Waals surface area contributed by atoms with Crippen molar-refractivity contribution in [2.24, 2.45) is 0 Å². The lowest BCUT2D eigenvalue weighted by Gasteiger charge is -2.09. The van der Waals surface area contributed by atoms with Gasteiger partial charge < -0.3 is 10.6 Å². The summed E-state index contributed by atoms with van der Waals surface area (Å²) in [4.78, 5) is 11.5. The molecule has 15 heavy (non-hydrogen) atoms. The van der Waals surface area contributed by atoms with E-state index in [4.69, 9.17) is 0 Å². The standard InChI is InChI=1S/C12H18N2O/c1-10(13-2)8-9-12(15)14-11-6-4-3-5-7-11/h3-7,10,13H,8-9H2,1-2H3,(H,14,15). The summed E-state index contributed by atoms with van der Waals surface area (Å²) in [6.07, 6.45) is 1.41. The summed E-state index contributed by atoms with van der Waals surface area (Å²) in [6, 6.07) is 9.90. The van der Waals surface area contributed by atoms with Crippen molar-refractivity contribution >= 4 is 11.6 Å². The molecular weight excluding hydrogens is 188 g/mol. The van der Waals surface area contributed by atoms with Gasteiger partial charge in [-0.1, -0.05) is 18.2 Å². The van der Waals surface area contributed by atoms with Crippen LogP contribution in [-0.2, 0) is 4.79 Å². The Morgan fingerprint density at radius 3 is 2.60 bits per heavy atom. The lowest BCUT2D eigenvalue weighted by Crippen LogP contribution is -2.23. The molecule has 3 nitrogen and oxygen atoms in total. The average molecular weight is 206 g/mol. The largest absolute Gasteiger partial charge is 0.326 e. The maximum Gasteiger partial charge on any atom is 0.224 e. The van der Waals surface area contributed by atoms with Crippen LogP contribution < -0.4 is 10.6 Å². The molecule has 0 aliphatic heterocycles. The normalized spacial score (nSPS) is 12.1. The smallest absolute Gasteiger partial charge is 0.224 e. The van der Waals surface area contributed by atoms with Crippen molar-refractivity contribution in [1.82, 2.24) is 5.32 Å². The van der Waals surface area contributed by atoms with E-state index < -0.39 is 0 Å². The molecule has 0 heterocycles. The Balaban J connectivity index is 2.31. The van der Waals surface area contributed by atoms with Gasteiger partial charge in [0.1, 0.15) is 0 Å². The molecule has 0 saturated heterocycles. The number of anilines is 1. The fourth-order valence-electron chi connectivity index (χ4n) is 1.24. The summed E-state index contributed by atoms with van der Waals surface area (Å²) in [5.41, 5.74) is 0.861. The molecule has 0 bridgehead atoms. The summed E-state index contributed by atoms with van der Waals surface area (Å²) in [5, 5.41) is 5.96. The number of carbonyl (C=O) groups is 1. The zero-order valence-electron chi connectivity index (χ0n) is 9.29. The molecule has 1 atom stereocenters. The highest BCUT2D eigenvalue weighted by Crippen LogP contribution is 2.06. The number of rotatable bonds is 5. The summed E-state index contributed by atoms with van der Waals surface area (Å²) >= 11 is 0. The minimum absolute atomic E-state index is 0.0725. The maximum atomic E-state index is 11.5. The van der Waals surface area contributed by atoms with Gasteiger partial charge in [-0.15, -0.1) is 0 Å². The third kappa shape index (κ3) is 4.61. The van der Waals surface area contributed by atoms with Crippen molar-refractivity contribution in [2.45, 2.75) is 25.8 Å². The fourth-order valence-corrected chi connectivity index (χ4v) is 1.24. The van der Waals surface area contributed by atoms with E-state index in [2.05, 4.69) is 17.6 Å². The second-order valence-corrected chi connectivity index (χ2v) is 3.64. The Morgan fingerprint density at radius 2 is 2.00 bits per heavy atom. The molecule has 82 valence electrons. The summed E-state index contributed by atoms with van der Waals surface area (Å²) in [6.45, 7) is 2.07. The van der Waals surface area contributed by atoms with Gasteiger partial charge in [0.05, 0.1) is 0 Å². The first kappa shape index (κ1) is 11.7. The minimum Gasteiger partial charge on any atom is -0.326 e. The second-order valence-electron chi connectivity index (χ2n) is 3.64. The summed E-state index contributed by atoms with van der Waals surface area (Å²) < 4.78 is 0. The Morgan fingerprint density at radius 1 is 1.33 bits per heavy atom. The van der Waals surface area contributed by atoms with Crippen LogP contribution in [0.4, 0.5) is 5.69 Å². The molecule has 0 saturated carbocycles. The molecular formula is C12H18N2O. The highest BCUT2D eigenvalue weighted by atomic mass is 16.1. The van der Waals surface area contributed by atoms with Gasteiger partial charge in [-0.25, -0.2) is 0 Å². The van der Waals surface area contributed by atoms with Gasteiger partial charge in [-0.05, 0) is 32.5 Å². The number of nitrogens with one attached hydrogen (secondary N) is 2. The molecule has 0 spiro atoms. The van der Waals surface area contributed by atoms with Crippen LogP contribution in [0.2, 0.25) is 0 Å². The fraction of sp³-hybridized carbons (Fsp3) is 0.417.